The number of hydrogen-bond donors (Lipinski definition) is 1. The summed E-state index contributed by atoms with van der Waals surface area (Å²) < 4.78 is 5.23. The highest BCUT2D eigenvalue weighted by molar-refractivity contribution is 5.93. The standard InChI is InChI=1S/C18H24N2O2/c1-4-6-17(21)19-13-15-7-5-12-20(2)18(15)14-8-10-16(22-3)11-9-14/h8-11,15,18H,5,7,12-13H2,1-3H3,(H,19,21). The Morgan fingerprint density at radius 1 is 1.41 bits per heavy atom. The van der Waals surface area contributed by atoms with E-state index < -0.39 is 0 Å². The maximum absolute atomic E-state index is 11.6. The second-order valence-electron chi connectivity index (χ2n) is 5.69. The lowest BCUT2D eigenvalue weighted by Gasteiger charge is -2.39. The van der Waals surface area contributed by atoms with Crippen molar-refractivity contribution in [3.63, 3.8) is 0 Å². The highest BCUT2D eigenvalue weighted by atomic mass is 16.5. The van der Waals surface area contributed by atoms with Crippen LogP contribution in [0.4, 0.5) is 0 Å². The van der Waals surface area contributed by atoms with Gasteiger partial charge in [-0.05, 0) is 62.9 Å². The number of nitrogens with zero attached hydrogens (tertiary/aromatic N) is 1. The molecule has 0 aliphatic carbocycles. The fraction of sp³-hybridized carbons (Fsp3) is 0.500. The minimum absolute atomic E-state index is 0.191. The lowest BCUT2D eigenvalue weighted by atomic mass is 9.85. The van der Waals surface area contributed by atoms with E-state index >= 15 is 0 Å². The molecule has 0 aromatic heterocycles. The van der Waals surface area contributed by atoms with Gasteiger partial charge in [-0.3, -0.25) is 9.69 Å². The van der Waals surface area contributed by atoms with Gasteiger partial charge in [0.05, 0.1) is 7.11 Å². The van der Waals surface area contributed by atoms with Crippen molar-refractivity contribution >= 4 is 5.91 Å². The molecule has 1 N–H and O–H groups in total. The van der Waals surface area contributed by atoms with Gasteiger partial charge in [0.25, 0.3) is 5.91 Å². The van der Waals surface area contributed by atoms with E-state index in [-0.39, 0.29) is 5.91 Å². The molecule has 4 heteroatoms. The first-order valence-corrected chi connectivity index (χ1v) is 7.70. The molecule has 1 fully saturated rings. The maximum Gasteiger partial charge on any atom is 0.295 e. The van der Waals surface area contributed by atoms with Gasteiger partial charge < -0.3 is 10.1 Å². The Morgan fingerprint density at radius 2 is 2.14 bits per heavy atom. The van der Waals surface area contributed by atoms with Gasteiger partial charge in [-0.2, -0.15) is 0 Å². The molecule has 1 aliphatic heterocycles. The zero-order valence-corrected chi connectivity index (χ0v) is 13.6. The van der Waals surface area contributed by atoms with E-state index in [2.05, 4.69) is 41.2 Å². The summed E-state index contributed by atoms with van der Waals surface area (Å²) in [4.78, 5) is 13.9. The Morgan fingerprint density at radius 3 is 2.77 bits per heavy atom. The molecule has 22 heavy (non-hydrogen) atoms. The second-order valence-corrected chi connectivity index (χ2v) is 5.69. The molecule has 2 atom stereocenters. The normalized spacial score (nSPS) is 21.6. The van der Waals surface area contributed by atoms with E-state index in [4.69, 9.17) is 4.74 Å². The Balaban J connectivity index is 2.11. The van der Waals surface area contributed by atoms with Crippen molar-refractivity contribution in [2.75, 3.05) is 27.2 Å². The lowest BCUT2D eigenvalue weighted by molar-refractivity contribution is -0.116. The van der Waals surface area contributed by atoms with E-state index in [1.54, 1.807) is 14.0 Å². The van der Waals surface area contributed by atoms with Crippen molar-refractivity contribution in [2.45, 2.75) is 25.8 Å². The van der Waals surface area contributed by atoms with Crippen LogP contribution in [-0.4, -0.2) is 38.1 Å². The molecule has 0 radical (unpaired) electrons. The monoisotopic (exact) mass is 300 g/mol. The number of methoxy groups -OCH3 is 1. The minimum Gasteiger partial charge on any atom is -0.497 e. The first-order chi connectivity index (χ1) is 10.7. The van der Waals surface area contributed by atoms with Gasteiger partial charge in [-0.1, -0.05) is 18.1 Å². The fourth-order valence-corrected chi connectivity index (χ4v) is 3.18. The third kappa shape index (κ3) is 4.02. The van der Waals surface area contributed by atoms with E-state index in [9.17, 15) is 4.79 Å². The summed E-state index contributed by atoms with van der Waals surface area (Å²) in [5.41, 5.74) is 1.27. The van der Waals surface area contributed by atoms with Gasteiger partial charge in [0, 0.05) is 12.6 Å². The van der Waals surface area contributed by atoms with Crippen molar-refractivity contribution < 1.29 is 9.53 Å². The summed E-state index contributed by atoms with van der Waals surface area (Å²) in [5.74, 6) is 6.24. The number of hydrogen-bond acceptors (Lipinski definition) is 3. The average molecular weight is 300 g/mol. The first kappa shape index (κ1) is 16.4. The molecule has 1 amide bonds. The summed E-state index contributed by atoms with van der Waals surface area (Å²) in [6, 6.07) is 8.54. The molecule has 2 unspecified atom stereocenters. The summed E-state index contributed by atoms with van der Waals surface area (Å²) in [6.45, 7) is 3.42. The number of carbonyl (C=O) groups is 1. The summed E-state index contributed by atoms with van der Waals surface area (Å²) >= 11 is 0. The first-order valence-electron chi connectivity index (χ1n) is 7.70. The zero-order valence-electron chi connectivity index (χ0n) is 13.6. The predicted octanol–water partition coefficient (Wildman–Crippen LogP) is 2.22. The van der Waals surface area contributed by atoms with Gasteiger partial charge >= 0.3 is 0 Å². The quantitative estimate of drug-likeness (QED) is 0.867. The van der Waals surface area contributed by atoms with Gasteiger partial charge in [-0.15, -0.1) is 0 Å². The number of amides is 1. The van der Waals surface area contributed by atoms with Crippen molar-refractivity contribution in [1.29, 1.82) is 0 Å². The molecule has 1 saturated heterocycles. The second kappa shape index (κ2) is 7.86. The topological polar surface area (TPSA) is 41.6 Å². The van der Waals surface area contributed by atoms with Gasteiger partial charge in [0.1, 0.15) is 5.75 Å². The van der Waals surface area contributed by atoms with Gasteiger partial charge in [-0.25, -0.2) is 0 Å². The van der Waals surface area contributed by atoms with Gasteiger partial charge in [0.2, 0.25) is 0 Å². The van der Waals surface area contributed by atoms with Crippen LogP contribution in [-0.2, 0) is 4.79 Å². The Hall–Kier alpha value is -1.99. The van der Waals surface area contributed by atoms with Crippen LogP contribution in [0.1, 0.15) is 31.4 Å². The average Bonchev–Trinajstić information content (AvgIpc) is 2.53. The molecule has 1 aromatic carbocycles. The number of likely N-dealkylation sites (tertiary alicyclic amines) is 1. The Bertz CT molecular complexity index is 557. The largest absolute Gasteiger partial charge is 0.497 e. The molecule has 1 aromatic rings. The maximum atomic E-state index is 11.6. The van der Waals surface area contributed by atoms with Crippen molar-refractivity contribution in [1.82, 2.24) is 10.2 Å². The molecule has 118 valence electrons. The van der Waals surface area contributed by atoms with Crippen LogP contribution in [0, 0.1) is 17.8 Å². The van der Waals surface area contributed by atoms with Crippen LogP contribution < -0.4 is 10.1 Å². The number of carbonyl (C=O) groups excluding carboxylic acids is 1. The number of benzene rings is 1. The van der Waals surface area contributed by atoms with E-state index in [1.165, 1.54) is 5.56 Å². The van der Waals surface area contributed by atoms with Crippen molar-refractivity contribution in [3.05, 3.63) is 29.8 Å². The van der Waals surface area contributed by atoms with Crippen molar-refractivity contribution in [2.24, 2.45) is 5.92 Å². The summed E-state index contributed by atoms with van der Waals surface area (Å²) in [5, 5.41) is 2.93. The van der Waals surface area contributed by atoms with E-state index in [0.29, 0.717) is 18.5 Å². The number of nitrogens with one attached hydrogen (secondary N) is 1. The molecule has 0 bridgehead atoms. The highest BCUT2D eigenvalue weighted by Gasteiger charge is 2.30. The lowest BCUT2D eigenvalue weighted by Crippen LogP contribution is -2.41. The van der Waals surface area contributed by atoms with E-state index in [1.807, 2.05) is 12.1 Å². The number of piperidine rings is 1. The Kier molecular flexibility index (Phi) is 5.85. The summed E-state index contributed by atoms with van der Waals surface area (Å²) in [7, 11) is 3.82. The van der Waals surface area contributed by atoms with Crippen LogP contribution in [0.3, 0.4) is 0 Å². The summed E-state index contributed by atoms with van der Waals surface area (Å²) in [6.07, 6.45) is 2.27. The van der Waals surface area contributed by atoms with Crippen LogP contribution in [0.2, 0.25) is 0 Å². The minimum atomic E-state index is -0.191. The van der Waals surface area contributed by atoms with Crippen molar-refractivity contribution in [3.8, 4) is 17.6 Å². The molecule has 2 rings (SSSR count). The van der Waals surface area contributed by atoms with Crippen LogP contribution in [0.15, 0.2) is 24.3 Å². The third-order valence-electron chi connectivity index (χ3n) is 4.23. The Labute approximate surface area is 132 Å². The molecule has 1 aliphatic rings. The smallest absolute Gasteiger partial charge is 0.295 e. The number of rotatable bonds is 4. The number of ether oxygens (including phenoxy) is 1. The fourth-order valence-electron chi connectivity index (χ4n) is 3.18. The molecular formula is C18H24N2O2. The van der Waals surface area contributed by atoms with E-state index in [0.717, 1.165) is 25.1 Å². The van der Waals surface area contributed by atoms with Crippen LogP contribution >= 0.6 is 0 Å². The SMILES string of the molecule is CC#CC(=O)NCC1CCCN(C)C1c1ccc(OC)cc1. The molecule has 1 heterocycles. The molecule has 0 spiro atoms. The highest BCUT2D eigenvalue weighted by Crippen LogP contribution is 2.35. The molecular weight excluding hydrogens is 276 g/mol. The third-order valence-corrected chi connectivity index (χ3v) is 4.23. The van der Waals surface area contributed by atoms with Gasteiger partial charge in [0.15, 0.2) is 0 Å². The van der Waals surface area contributed by atoms with Crippen LogP contribution in [0.25, 0.3) is 0 Å². The molecule has 4 nitrogen and oxygen atoms in total. The van der Waals surface area contributed by atoms with Crippen LogP contribution in [0.5, 0.6) is 5.75 Å². The molecule has 0 saturated carbocycles. The predicted molar refractivity (Wildman–Crippen MR) is 87.5 cm³/mol. The zero-order chi connectivity index (χ0) is 15.9.